The summed E-state index contributed by atoms with van der Waals surface area (Å²) in [6.07, 6.45) is 5.51. The normalized spacial score (nSPS) is 17.9. The number of rotatable bonds is 2. The molecule has 0 spiro atoms. The van der Waals surface area contributed by atoms with Gasteiger partial charge in [0.15, 0.2) is 0 Å². The minimum atomic E-state index is -1.18. The van der Waals surface area contributed by atoms with E-state index in [0.29, 0.717) is 6.54 Å². The van der Waals surface area contributed by atoms with E-state index in [0.717, 1.165) is 0 Å². The standard InChI is InChI=1S/C14H10N2O3/c1-2-9-6-13(17)16(8-9)12-4-3-10(7-15)5-11(12)14(18)19/h1,3-5,9H,6,8H2,(H,18,19). The molecule has 0 saturated carbocycles. The zero-order chi connectivity index (χ0) is 14.0. The molecule has 0 bridgehead atoms. The molecule has 1 aromatic carbocycles. The summed E-state index contributed by atoms with van der Waals surface area (Å²) in [5, 5.41) is 17.9. The highest BCUT2D eigenvalue weighted by atomic mass is 16.4. The third kappa shape index (κ3) is 2.27. The summed E-state index contributed by atoms with van der Waals surface area (Å²) in [5.74, 6) is 0.923. The molecule has 19 heavy (non-hydrogen) atoms. The Kier molecular flexibility index (Phi) is 3.22. The maximum Gasteiger partial charge on any atom is 0.337 e. The van der Waals surface area contributed by atoms with Crippen LogP contribution in [0.3, 0.4) is 0 Å². The molecular formula is C14H10N2O3. The molecule has 1 N–H and O–H groups in total. The number of benzene rings is 1. The fraction of sp³-hybridized carbons (Fsp3) is 0.214. The number of amides is 1. The van der Waals surface area contributed by atoms with Crippen molar-refractivity contribution in [3.63, 3.8) is 0 Å². The molecule has 0 aromatic heterocycles. The van der Waals surface area contributed by atoms with Crippen molar-refractivity contribution in [3.05, 3.63) is 29.3 Å². The molecule has 1 fully saturated rings. The number of carbonyl (C=O) groups is 2. The van der Waals surface area contributed by atoms with Gasteiger partial charge in [0.2, 0.25) is 5.91 Å². The molecule has 1 aliphatic rings. The average molecular weight is 254 g/mol. The van der Waals surface area contributed by atoms with E-state index in [4.69, 9.17) is 16.8 Å². The first-order chi connectivity index (χ1) is 9.06. The van der Waals surface area contributed by atoms with Gasteiger partial charge in [-0.1, -0.05) is 0 Å². The van der Waals surface area contributed by atoms with Gasteiger partial charge in [0.1, 0.15) is 0 Å². The zero-order valence-corrected chi connectivity index (χ0v) is 9.96. The largest absolute Gasteiger partial charge is 0.478 e. The van der Waals surface area contributed by atoms with E-state index in [1.165, 1.54) is 23.1 Å². The van der Waals surface area contributed by atoms with Gasteiger partial charge in [0.05, 0.1) is 22.9 Å². The quantitative estimate of drug-likeness (QED) is 0.805. The van der Waals surface area contributed by atoms with Gasteiger partial charge < -0.3 is 10.0 Å². The van der Waals surface area contributed by atoms with Gasteiger partial charge >= 0.3 is 5.97 Å². The Balaban J connectivity index is 2.46. The minimum Gasteiger partial charge on any atom is -0.478 e. The van der Waals surface area contributed by atoms with Gasteiger partial charge in [-0.15, -0.1) is 12.3 Å². The molecular weight excluding hydrogens is 244 g/mol. The van der Waals surface area contributed by atoms with Gasteiger partial charge in [-0.05, 0) is 18.2 Å². The number of nitrogens with zero attached hydrogens (tertiary/aromatic N) is 2. The van der Waals surface area contributed by atoms with E-state index in [9.17, 15) is 9.59 Å². The molecule has 1 atom stereocenters. The number of terminal acetylenes is 1. The molecule has 1 aliphatic heterocycles. The van der Waals surface area contributed by atoms with Crippen LogP contribution in [0, 0.1) is 29.6 Å². The Labute approximate surface area is 110 Å². The molecule has 94 valence electrons. The molecule has 5 nitrogen and oxygen atoms in total. The van der Waals surface area contributed by atoms with Crippen molar-refractivity contribution in [3.8, 4) is 18.4 Å². The zero-order valence-electron chi connectivity index (χ0n) is 9.96. The van der Waals surface area contributed by atoms with Crippen LogP contribution >= 0.6 is 0 Å². The molecule has 5 heteroatoms. The number of hydrogen-bond donors (Lipinski definition) is 1. The van der Waals surface area contributed by atoms with E-state index in [-0.39, 0.29) is 35.1 Å². The number of carboxylic acids is 1. The molecule has 1 heterocycles. The van der Waals surface area contributed by atoms with E-state index in [2.05, 4.69) is 5.92 Å². The van der Waals surface area contributed by atoms with Crippen molar-refractivity contribution in [2.24, 2.45) is 5.92 Å². The fourth-order valence-corrected chi connectivity index (χ4v) is 2.06. The predicted octanol–water partition coefficient (Wildman–Crippen LogP) is 1.24. The lowest BCUT2D eigenvalue weighted by Crippen LogP contribution is -2.26. The van der Waals surface area contributed by atoms with E-state index >= 15 is 0 Å². The molecule has 0 radical (unpaired) electrons. The van der Waals surface area contributed by atoms with Gasteiger partial charge in [-0.25, -0.2) is 4.79 Å². The maximum absolute atomic E-state index is 11.8. The summed E-state index contributed by atoms with van der Waals surface area (Å²) >= 11 is 0. The Morgan fingerprint density at radius 2 is 2.26 bits per heavy atom. The van der Waals surface area contributed by atoms with Crippen LogP contribution in [0.25, 0.3) is 0 Å². The van der Waals surface area contributed by atoms with Crippen LogP contribution in [-0.2, 0) is 4.79 Å². The summed E-state index contributed by atoms with van der Waals surface area (Å²) in [6, 6.07) is 6.09. The lowest BCUT2D eigenvalue weighted by atomic mass is 10.1. The topological polar surface area (TPSA) is 81.4 Å². The smallest absolute Gasteiger partial charge is 0.337 e. The average Bonchev–Trinajstić information content (AvgIpc) is 2.79. The van der Waals surface area contributed by atoms with Crippen LogP contribution in [0.1, 0.15) is 22.3 Å². The van der Waals surface area contributed by atoms with Gasteiger partial charge in [0.25, 0.3) is 0 Å². The second-order valence-electron chi connectivity index (χ2n) is 4.22. The molecule has 1 amide bonds. The Hall–Kier alpha value is -2.79. The summed E-state index contributed by atoms with van der Waals surface area (Å²) < 4.78 is 0. The Morgan fingerprint density at radius 1 is 1.53 bits per heavy atom. The van der Waals surface area contributed by atoms with Crippen molar-refractivity contribution >= 4 is 17.6 Å². The summed E-state index contributed by atoms with van der Waals surface area (Å²) in [6.45, 7) is 0.307. The van der Waals surface area contributed by atoms with E-state index < -0.39 is 5.97 Å². The van der Waals surface area contributed by atoms with E-state index in [1.54, 1.807) is 0 Å². The van der Waals surface area contributed by atoms with Crippen molar-refractivity contribution in [1.29, 1.82) is 5.26 Å². The van der Waals surface area contributed by atoms with Crippen molar-refractivity contribution in [2.75, 3.05) is 11.4 Å². The fourth-order valence-electron chi connectivity index (χ4n) is 2.06. The minimum absolute atomic E-state index is 0.0647. The van der Waals surface area contributed by atoms with Crippen molar-refractivity contribution in [1.82, 2.24) is 0 Å². The maximum atomic E-state index is 11.8. The Morgan fingerprint density at radius 3 is 2.79 bits per heavy atom. The van der Waals surface area contributed by atoms with Crippen LogP contribution in [0.4, 0.5) is 5.69 Å². The van der Waals surface area contributed by atoms with Crippen LogP contribution < -0.4 is 4.90 Å². The summed E-state index contributed by atoms with van der Waals surface area (Å²) in [4.78, 5) is 24.4. The van der Waals surface area contributed by atoms with Crippen molar-refractivity contribution in [2.45, 2.75) is 6.42 Å². The number of nitriles is 1. The monoisotopic (exact) mass is 254 g/mol. The highest BCUT2D eigenvalue weighted by Gasteiger charge is 2.31. The second kappa shape index (κ2) is 4.83. The van der Waals surface area contributed by atoms with Crippen LogP contribution in [0.2, 0.25) is 0 Å². The first kappa shape index (κ1) is 12.7. The molecule has 1 saturated heterocycles. The van der Waals surface area contributed by atoms with Crippen LogP contribution in [0.15, 0.2) is 18.2 Å². The predicted molar refractivity (Wildman–Crippen MR) is 67.4 cm³/mol. The number of carboxylic acid groups (broad SMARTS) is 1. The molecule has 1 unspecified atom stereocenters. The van der Waals surface area contributed by atoms with Gasteiger partial charge in [-0.3, -0.25) is 4.79 Å². The highest BCUT2D eigenvalue weighted by molar-refractivity contribution is 6.03. The van der Waals surface area contributed by atoms with Crippen LogP contribution in [0.5, 0.6) is 0 Å². The molecule has 0 aliphatic carbocycles. The third-order valence-electron chi connectivity index (χ3n) is 3.01. The number of carbonyl (C=O) groups excluding carboxylic acids is 1. The number of hydrogen-bond acceptors (Lipinski definition) is 3. The summed E-state index contributed by atoms with van der Waals surface area (Å²) in [7, 11) is 0. The lowest BCUT2D eigenvalue weighted by Gasteiger charge is -2.18. The molecule has 2 rings (SSSR count). The number of aromatic carboxylic acids is 1. The van der Waals surface area contributed by atoms with Gasteiger partial charge in [-0.2, -0.15) is 5.26 Å². The second-order valence-corrected chi connectivity index (χ2v) is 4.22. The molecule has 1 aromatic rings. The third-order valence-corrected chi connectivity index (χ3v) is 3.01. The first-order valence-electron chi connectivity index (χ1n) is 5.60. The van der Waals surface area contributed by atoms with Gasteiger partial charge in [0, 0.05) is 18.9 Å². The Bertz CT molecular complexity index is 637. The SMILES string of the molecule is C#CC1CC(=O)N(c2ccc(C#N)cc2C(=O)O)C1. The summed E-state index contributed by atoms with van der Waals surface area (Å²) in [5.41, 5.74) is 0.459. The number of anilines is 1. The van der Waals surface area contributed by atoms with Crippen LogP contribution in [-0.4, -0.2) is 23.5 Å². The lowest BCUT2D eigenvalue weighted by molar-refractivity contribution is -0.117. The van der Waals surface area contributed by atoms with E-state index in [1.807, 2.05) is 6.07 Å². The highest BCUT2D eigenvalue weighted by Crippen LogP contribution is 2.28. The first-order valence-corrected chi connectivity index (χ1v) is 5.60. The van der Waals surface area contributed by atoms with Crippen molar-refractivity contribution < 1.29 is 14.7 Å².